The van der Waals surface area contributed by atoms with Gasteiger partial charge in [-0.1, -0.05) is 42.1 Å². The van der Waals surface area contributed by atoms with Gasteiger partial charge in [-0.2, -0.15) is 0 Å². The van der Waals surface area contributed by atoms with Crippen LogP contribution in [0.5, 0.6) is 0 Å². The van der Waals surface area contributed by atoms with Gasteiger partial charge in [-0.15, -0.1) is 0 Å². The van der Waals surface area contributed by atoms with E-state index in [2.05, 4.69) is 10.9 Å². The van der Waals surface area contributed by atoms with Crippen LogP contribution in [0.4, 0.5) is 0 Å². The van der Waals surface area contributed by atoms with Crippen LogP contribution in [0.3, 0.4) is 0 Å². The minimum Gasteiger partial charge on any atom is -0.463 e. The number of amides is 1. The van der Waals surface area contributed by atoms with Crippen LogP contribution in [0.1, 0.15) is 18.5 Å². The molecule has 0 aromatic heterocycles. The SMILES string of the molecule is CCOC(=O)/C=C1\SCC(=O)N1CCOC(=O)C1CNNC1c1ccccc1. The Balaban J connectivity index is 1.54. The smallest absolute Gasteiger partial charge is 0.333 e. The van der Waals surface area contributed by atoms with Gasteiger partial charge in [-0.3, -0.25) is 15.0 Å². The van der Waals surface area contributed by atoms with Gasteiger partial charge < -0.3 is 14.4 Å². The Morgan fingerprint density at radius 1 is 1.29 bits per heavy atom. The zero-order valence-corrected chi connectivity index (χ0v) is 16.4. The molecule has 3 rings (SSSR count). The molecule has 28 heavy (non-hydrogen) atoms. The number of carbonyl (C=O) groups excluding carboxylic acids is 3. The minimum absolute atomic E-state index is 0.0588. The average molecular weight is 405 g/mol. The number of rotatable bonds is 7. The maximum Gasteiger partial charge on any atom is 0.333 e. The normalized spacial score (nSPS) is 23.2. The quantitative estimate of drug-likeness (QED) is 0.512. The van der Waals surface area contributed by atoms with Gasteiger partial charge in [0.1, 0.15) is 6.61 Å². The number of esters is 2. The molecule has 2 saturated heterocycles. The second kappa shape index (κ2) is 9.72. The summed E-state index contributed by atoms with van der Waals surface area (Å²) in [7, 11) is 0. The third kappa shape index (κ3) is 4.92. The fraction of sp³-hybridized carbons (Fsp3) is 0.421. The monoisotopic (exact) mass is 405 g/mol. The molecule has 0 spiro atoms. The van der Waals surface area contributed by atoms with Crippen LogP contribution in [-0.4, -0.2) is 54.8 Å². The molecule has 1 aromatic carbocycles. The van der Waals surface area contributed by atoms with Crippen LogP contribution in [0.25, 0.3) is 0 Å². The number of carbonyl (C=O) groups is 3. The van der Waals surface area contributed by atoms with E-state index in [0.29, 0.717) is 11.6 Å². The summed E-state index contributed by atoms with van der Waals surface area (Å²) in [5.41, 5.74) is 7.11. The van der Waals surface area contributed by atoms with Crippen molar-refractivity contribution in [1.29, 1.82) is 0 Å². The molecular weight excluding hydrogens is 382 g/mol. The van der Waals surface area contributed by atoms with E-state index in [0.717, 1.165) is 5.56 Å². The highest BCUT2D eigenvalue weighted by Gasteiger charge is 2.35. The first-order valence-electron chi connectivity index (χ1n) is 9.11. The third-order valence-electron chi connectivity index (χ3n) is 4.44. The van der Waals surface area contributed by atoms with Crippen molar-refractivity contribution in [3.05, 3.63) is 47.0 Å². The summed E-state index contributed by atoms with van der Waals surface area (Å²) in [6, 6.07) is 9.51. The first kappa shape index (κ1) is 20.4. The molecule has 2 fully saturated rings. The van der Waals surface area contributed by atoms with E-state index < -0.39 is 5.97 Å². The van der Waals surface area contributed by atoms with Gasteiger partial charge in [-0.05, 0) is 12.5 Å². The Hall–Kier alpha value is -2.36. The van der Waals surface area contributed by atoms with Gasteiger partial charge in [0.05, 0.1) is 42.0 Å². The molecule has 0 saturated carbocycles. The molecule has 1 amide bonds. The van der Waals surface area contributed by atoms with Crippen LogP contribution >= 0.6 is 11.8 Å². The van der Waals surface area contributed by atoms with Gasteiger partial charge in [0.2, 0.25) is 5.91 Å². The van der Waals surface area contributed by atoms with Crippen molar-refractivity contribution >= 4 is 29.6 Å². The van der Waals surface area contributed by atoms with Crippen molar-refractivity contribution in [2.75, 3.05) is 32.1 Å². The number of nitrogens with one attached hydrogen (secondary N) is 2. The fourth-order valence-corrected chi connectivity index (χ4v) is 4.05. The summed E-state index contributed by atoms with van der Waals surface area (Å²) in [5.74, 6) is -1.05. The number of benzene rings is 1. The number of nitrogens with zero attached hydrogens (tertiary/aromatic N) is 1. The zero-order chi connectivity index (χ0) is 19.9. The second-order valence-electron chi connectivity index (χ2n) is 6.26. The summed E-state index contributed by atoms with van der Waals surface area (Å²) >= 11 is 1.27. The van der Waals surface area contributed by atoms with Crippen molar-refractivity contribution in [1.82, 2.24) is 15.8 Å². The lowest BCUT2D eigenvalue weighted by molar-refractivity contribution is -0.149. The Morgan fingerprint density at radius 3 is 2.82 bits per heavy atom. The number of thioether (sulfide) groups is 1. The Morgan fingerprint density at radius 2 is 2.07 bits per heavy atom. The number of hydrogen-bond donors (Lipinski definition) is 2. The number of hydrogen-bond acceptors (Lipinski definition) is 8. The summed E-state index contributed by atoms with van der Waals surface area (Å²) in [4.78, 5) is 37.7. The van der Waals surface area contributed by atoms with Crippen LogP contribution in [0, 0.1) is 5.92 Å². The lowest BCUT2D eigenvalue weighted by atomic mass is 9.95. The molecule has 2 heterocycles. The first-order valence-corrected chi connectivity index (χ1v) is 10.1. The molecule has 2 aliphatic rings. The second-order valence-corrected chi connectivity index (χ2v) is 7.25. The van der Waals surface area contributed by atoms with E-state index in [1.165, 1.54) is 22.7 Å². The van der Waals surface area contributed by atoms with Gasteiger partial charge >= 0.3 is 11.9 Å². The van der Waals surface area contributed by atoms with Crippen LogP contribution < -0.4 is 10.9 Å². The average Bonchev–Trinajstić information content (AvgIpc) is 3.31. The predicted molar refractivity (Wildman–Crippen MR) is 104 cm³/mol. The standard InChI is InChI=1S/C19H23N3O5S/c1-2-26-17(24)10-16-22(15(23)12-28-16)8-9-27-19(25)14-11-20-21-18(14)13-6-4-3-5-7-13/h3-7,10,14,18,20-21H,2,8-9,11-12H2,1H3/b16-10-. The van der Waals surface area contributed by atoms with E-state index in [1.54, 1.807) is 6.92 Å². The summed E-state index contributed by atoms with van der Waals surface area (Å²) < 4.78 is 10.3. The first-order chi connectivity index (χ1) is 13.6. The molecule has 1 aromatic rings. The van der Waals surface area contributed by atoms with Crippen molar-refractivity contribution in [2.45, 2.75) is 13.0 Å². The van der Waals surface area contributed by atoms with Gasteiger partial charge in [0, 0.05) is 6.54 Å². The van der Waals surface area contributed by atoms with Gasteiger partial charge in [0.25, 0.3) is 0 Å². The van der Waals surface area contributed by atoms with Crippen molar-refractivity contribution in [3.63, 3.8) is 0 Å². The molecule has 2 aliphatic heterocycles. The molecule has 2 unspecified atom stereocenters. The molecule has 0 bridgehead atoms. The molecule has 2 atom stereocenters. The number of ether oxygens (including phenoxy) is 2. The highest BCUT2D eigenvalue weighted by Crippen LogP contribution is 2.29. The summed E-state index contributed by atoms with van der Waals surface area (Å²) in [6.45, 7) is 2.71. The highest BCUT2D eigenvalue weighted by molar-refractivity contribution is 8.04. The fourth-order valence-electron chi connectivity index (χ4n) is 3.09. The van der Waals surface area contributed by atoms with Crippen molar-refractivity contribution in [3.8, 4) is 0 Å². The molecule has 9 heteroatoms. The lowest BCUT2D eigenvalue weighted by Gasteiger charge is -2.20. The minimum atomic E-state index is -0.490. The maximum absolute atomic E-state index is 12.5. The predicted octanol–water partition coefficient (Wildman–Crippen LogP) is 0.975. The van der Waals surface area contributed by atoms with E-state index in [-0.39, 0.29) is 49.3 Å². The summed E-state index contributed by atoms with van der Waals surface area (Å²) in [6.07, 6.45) is 1.30. The summed E-state index contributed by atoms with van der Waals surface area (Å²) in [5, 5.41) is 0.519. The number of hydrazine groups is 1. The van der Waals surface area contributed by atoms with Crippen LogP contribution in [0.2, 0.25) is 0 Å². The van der Waals surface area contributed by atoms with Gasteiger partial charge in [-0.25, -0.2) is 10.2 Å². The Bertz CT molecular complexity index is 755. The van der Waals surface area contributed by atoms with E-state index in [4.69, 9.17) is 9.47 Å². The molecule has 8 nitrogen and oxygen atoms in total. The van der Waals surface area contributed by atoms with E-state index >= 15 is 0 Å². The Labute approximate surface area is 167 Å². The molecule has 0 radical (unpaired) electrons. The molecule has 0 aliphatic carbocycles. The third-order valence-corrected chi connectivity index (χ3v) is 5.47. The molecule has 2 N–H and O–H groups in total. The molecular formula is C19H23N3O5S. The lowest BCUT2D eigenvalue weighted by Crippen LogP contribution is -2.32. The van der Waals surface area contributed by atoms with E-state index in [9.17, 15) is 14.4 Å². The van der Waals surface area contributed by atoms with Crippen molar-refractivity contribution < 1.29 is 23.9 Å². The zero-order valence-electron chi connectivity index (χ0n) is 15.6. The highest BCUT2D eigenvalue weighted by atomic mass is 32.2. The topological polar surface area (TPSA) is 97.0 Å². The van der Waals surface area contributed by atoms with Crippen LogP contribution in [0.15, 0.2) is 41.4 Å². The van der Waals surface area contributed by atoms with Crippen LogP contribution in [-0.2, 0) is 23.9 Å². The molecule has 150 valence electrons. The van der Waals surface area contributed by atoms with Crippen molar-refractivity contribution in [2.24, 2.45) is 5.92 Å². The van der Waals surface area contributed by atoms with Gasteiger partial charge in [0.15, 0.2) is 0 Å². The Kier molecular flexibility index (Phi) is 7.07. The van der Waals surface area contributed by atoms with E-state index in [1.807, 2.05) is 30.3 Å². The largest absolute Gasteiger partial charge is 0.463 e. The maximum atomic E-state index is 12.5.